The molecule has 2 saturated carbocycles. The molecule has 2 aliphatic carbocycles. The first kappa shape index (κ1) is 12.4. The van der Waals surface area contributed by atoms with Crippen molar-refractivity contribution in [2.24, 2.45) is 23.7 Å². The van der Waals surface area contributed by atoms with E-state index in [0.29, 0.717) is 13.0 Å². The fraction of sp³-hybridized carbons (Fsp3) is 0.769. The summed E-state index contributed by atoms with van der Waals surface area (Å²) < 4.78 is 15.7. The Hall–Kier alpha value is -1.59. The number of rotatable bonds is 2. The minimum Gasteiger partial charge on any atom is -0.465 e. The van der Waals surface area contributed by atoms with Crippen LogP contribution >= 0.6 is 0 Å². The molecule has 1 aliphatic heterocycles. The van der Waals surface area contributed by atoms with Crippen molar-refractivity contribution in [2.45, 2.75) is 32.5 Å². The minimum atomic E-state index is -0.364. The number of hydrogen-bond acceptors (Lipinski definition) is 6. The van der Waals surface area contributed by atoms with Crippen molar-refractivity contribution in [1.82, 2.24) is 0 Å². The van der Waals surface area contributed by atoms with E-state index in [1.54, 1.807) is 0 Å². The maximum atomic E-state index is 11.7. The van der Waals surface area contributed by atoms with Gasteiger partial charge in [0.15, 0.2) is 0 Å². The van der Waals surface area contributed by atoms with Crippen molar-refractivity contribution in [1.29, 1.82) is 0 Å². The van der Waals surface area contributed by atoms with Crippen LogP contribution < -0.4 is 0 Å². The highest BCUT2D eigenvalue weighted by molar-refractivity contribution is 5.77. The van der Waals surface area contributed by atoms with Crippen LogP contribution in [0.15, 0.2) is 0 Å². The van der Waals surface area contributed by atoms with Crippen molar-refractivity contribution in [3.8, 4) is 0 Å². The van der Waals surface area contributed by atoms with Crippen LogP contribution in [-0.4, -0.2) is 36.7 Å². The molecule has 0 radical (unpaired) electrons. The second-order valence-electron chi connectivity index (χ2n) is 5.52. The first-order valence-electron chi connectivity index (χ1n) is 6.50. The summed E-state index contributed by atoms with van der Waals surface area (Å²) in [5.41, 5.74) is 0. The van der Waals surface area contributed by atoms with Crippen LogP contribution in [0.2, 0.25) is 0 Å². The highest BCUT2D eigenvalue weighted by atomic mass is 16.6. The first-order valence-corrected chi connectivity index (χ1v) is 6.50. The lowest BCUT2D eigenvalue weighted by molar-refractivity contribution is -0.155. The fourth-order valence-electron chi connectivity index (χ4n) is 4.02. The third-order valence-corrected chi connectivity index (χ3v) is 4.46. The molecular weight excluding hydrogens is 252 g/mol. The molecule has 2 bridgehead atoms. The maximum Gasteiger partial charge on any atom is 0.309 e. The number of cyclic esters (lactones) is 1. The van der Waals surface area contributed by atoms with Gasteiger partial charge in [-0.25, -0.2) is 0 Å². The molecular formula is C13H16O6. The van der Waals surface area contributed by atoms with E-state index in [1.807, 2.05) is 0 Å². The average Bonchev–Trinajstić information content (AvgIpc) is 2.89. The highest BCUT2D eigenvalue weighted by Crippen LogP contribution is 2.57. The molecule has 6 nitrogen and oxygen atoms in total. The zero-order valence-corrected chi connectivity index (χ0v) is 10.8. The second-order valence-corrected chi connectivity index (χ2v) is 5.52. The molecule has 6 heteroatoms. The normalized spacial score (nSPS) is 42.7. The van der Waals surface area contributed by atoms with Gasteiger partial charge in [0.2, 0.25) is 0 Å². The monoisotopic (exact) mass is 268 g/mol. The molecule has 0 amide bonds. The molecule has 0 spiro atoms. The Kier molecular flexibility index (Phi) is 2.76. The molecule has 0 aromatic carbocycles. The van der Waals surface area contributed by atoms with E-state index >= 15 is 0 Å². The molecule has 0 N–H and O–H groups in total. The molecule has 19 heavy (non-hydrogen) atoms. The molecule has 1 heterocycles. The Morgan fingerprint density at radius 2 is 1.84 bits per heavy atom. The molecule has 3 aliphatic rings. The van der Waals surface area contributed by atoms with Gasteiger partial charge in [-0.3, -0.25) is 14.4 Å². The molecule has 0 unspecified atom stereocenters. The van der Waals surface area contributed by atoms with Crippen LogP contribution in [0.4, 0.5) is 0 Å². The topological polar surface area (TPSA) is 78.9 Å². The molecule has 0 aromatic rings. The van der Waals surface area contributed by atoms with Crippen LogP contribution in [0.3, 0.4) is 0 Å². The quantitative estimate of drug-likeness (QED) is 0.529. The van der Waals surface area contributed by atoms with Gasteiger partial charge >= 0.3 is 17.9 Å². The summed E-state index contributed by atoms with van der Waals surface area (Å²) in [5, 5.41) is 0. The molecule has 1 saturated heterocycles. The van der Waals surface area contributed by atoms with E-state index in [-0.39, 0.29) is 53.8 Å². The Bertz CT molecular complexity index is 444. The van der Waals surface area contributed by atoms with Crippen LogP contribution in [0.1, 0.15) is 20.3 Å². The standard InChI is InChI=1S/C13H16O6/c1-5(14)18-9-3-7-10-8(4-17-13(10)16)11(9)12(7)19-6(2)15/h7-12H,3-4H2,1-2H3/t7-,8-,9+,10-,11-,12-/m1/s1. The summed E-state index contributed by atoms with van der Waals surface area (Å²) in [5.74, 6) is -1.33. The highest BCUT2D eigenvalue weighted by Gasteiger charge is 2.66. The van der Waals surface area contributed by atoms with Crippen LogP contribution in [-0.2, 0) is 28.6 Å². The van der Waals surface area contributed by atoms with Crippen molar-refractivity contribution >= 4 is 17.9 Å². The van der Waals surface area contributed by atoms with Gasteiger partial charge in [-0.15, -0.1) is 0 Å². The largest absolute Gasteiger partial charge is 0.465 e. The number of hydrogen-bond donors (Lipinski definition) is 0. The van der Waals surface area contributed by atoms with Gasteiger partial charge in [-0.05, 0) is 6.42 Å². The summed E-state index contributed by atoms with van der Waals surface area (Å²) in [4.78, 5) is 34.1. The Morgan fingerprint density at radius 1 is 1.16 bits per heavy atom. The van der Waals surface area contributed by atoms with Crippen molar-refractivity contribution in [3.05, 3.63) is 0 Å². The summed E-state index contributed by atoms with van der Waals surface area (Å²) in [7, 11) is 0. The SMILES string of the molecule is CC(=O)O[C@@H]1[C@@H]2C[C@H](OC(C)=O)[C@H]1[C@@H]1COC(=O)[C@@H]12. The maximum absolute atomic E-state index is 11.7. The number of ether oxygens (including phenoxy) is 3. The van der Waals surface area contributed by atoms with Gasteiger partial charge in [0.05, 0.1) is 12.5 Å². The van der Waals surface area contributed by atoms with Gasteiger partial charge in [-0.2, -0.15) is 0 Å². The molecule has 6 atom stereocenters. The van der Waals surface area contributed by atoms with E-state index in [1.165, 1.54) is 13.8 Å². The Balaban J connectivity index is 1.85. The van der Waals surface area contributed by atoms with Crippen molar-refractivity contribution in [2.75, 3.05) is 6.61 Å². The predicted molar refractivity (Wildman–Crippen MR) is 60.6 cm³/mol. The van der Waals surface area contributed by atoms with Gasteiger partial charge < -0.3 is 14.2 Å². The van der Waals surface area contributed by atoms with E-state index in [9.17, 15) is 14.4 Å². The third-order valence-electron chi connectivity index (χ3n) is 4.46. The lowest BCUT2D eigenvalue weighted by atomic mass is 9.80. The van der Waals surface area contributed by atoms with Crippen LogP contribution in [0.5, 0.6) is 0 Å². The summed E-state index contributed by atoms with van der Waals surface area (Å²) >= 11 is 0. The van der Waals surface area contributed by atoms with E-state index in [0.717, 1.165) is 0 Å². The molecule has 3 rings (SSSR count). The fourth-order valence-corrected chi connectivity index (χ4v) is 4.02. The third kappa shape index (κ3) is 1.81. The minimum absolute atomic E-state index is 0.0000463. The molecule has 3 fully saturated rings. The number of fused-ring (bicyclic) bond motifs is 5. The van der Waals surface area contributed by atoms with E-state index in [4.69, 9.17) is 14.2 Å². The molecule has 0 aromatic heterocycles. The Labute approximate surface area is 110 Å². The zero-order chi connectivity index (χ0) is 13.7. The number of carbonyl (C=O) groups excluding carboxylic acids is 3. The Morgan fingerprint density at radius 3 is 2.47 bits per heavy atom. The van der Waals surface area contributed by atoms with Crippen LogP contribution in [0, 0.1) is 23.7 Å². The van der Waals surface area contributed by atoms with Crippen molar-refractivity contribution in [3.63, 3.8) is 0 Å². The van der Waals surface area contributed by atoms with Gasteiger partial charge in [0.1, 0.15) is 12.2 Å². The van der Waals surface area contributed by atoms with Crippen molar-refractivity contribution < 1.29 is 28.6 Å². The van der Waals surface area contributed by atoms with Gasteiger partial charge in [-0.1, -0.05) is 0 Å². The summed E-state index contributed by atoms with van der Waals surface area (Å²) in [6.07, 6.45) is -0.0364. The smallest absolute Gasteiger partial charge is 0.309 e. The van der Waals surface area contributed by atoms with Gasteiger partial charge in [0, 0.05) is 31.6 Å². The van der Waals surface area contributed by atoms with E-state index in [2.05, 4.69) is 0 Å². The second kappa shape index (κ2) is 4.21. The summed E-state index contributed by atoms with van der Waals surface area (Å²) in [6, 6.07) is 0. The first-order chi connectivity index (χ1) is 8.99. The van der Waals surface area contributed by atoms with Gasteiger partial charge in [0.25, 0.3) is 0 Å². The average molecular weight is 268 g/mol. The van der Waals surface area contributed by atoms with E-state index < -0.39 is 0 Å². The number of esters is 3. The number of carbonyl (C=O) groups is 3. The molecule has 104 valence electrons. The van der Waals surface area contributed by atoms with Crippen LogP contribution in [0.25, 0.3) is 0 Å². The zero-order valence-electron chi connectivity index (χ0n) is 10.8. The lowest BCUT2D eigenvalue weighted by Gasteiger charge is -2.27. The summed E-state index contributed by atoms with van der Waals surface area (Å²) in [6.45, 7) is 3.05. The lowest BCUT2D eigenvalue weighted by Crippen LogP contribution is -2.35. The predicted octanol–water partition coefficient (Wildman–Crippen LogP) is 0.289.